The number of carbonyl (C=O) groups is 4. The maximum absolute atomic E-state index is 13.0. The second-order valence-corrected chi connectivity index (χ2v) is 9.78. The number of ether oxygens (including phenoxy) is 1. The Morgan fingerprint density at radius 2 is 1.64 bits per heavy atom. The molecular weight excluding hydrogens is 428 g/mol. The number of fused-ring (bicyclic) bond motifs is 5. The lowest BCUT2D eigenvalue weighted by molar-refractivity contribution is -0.384. The van der Waals surface area contributed by atoms with Gasteiger partial charge in [0.2, 0.25) is 17.6 Å². The van der Waals surface area contributed by atoms with Gasteiger partial charge in [0.05, 0.1) is 22.7 Å². The summed E-state index contributed by atoms with van der Waals surface area (Å²) in [6.07, 6.45) is 5.21. The minimum absolute atomic E-state index is 0.00854. The summed E-state index contributed by atoms with van der Waals surface area (Å²) in [7, 11) is 0. The highest BCUT2D eigenvalue weighted by Crippen LogP contribution is 2.56. The summed E-state index contributed by atoms with van der Waals surface area (Å²) < 4.78 is 5.19. The summed E-state index contributed by atoms with van der Waals surface area (Å²) in [5.74, 6) is -0.930. The van der Waals surface area contributed by atoms with Gasteiger partial charge in [0, 0.05) is 23.7 Å². The normalized spacial score (nSPS) is 32.7. The third-order valence-corrected chi connectivity index (χ3v) is 8.08. The minimum Gasteiger partial charge on any atom is -0.457 e. The Morgan fingerprint density at radius 1 is 1.00 bits per heavy atom. The molecule has 0 aromatic heterocycles. The van der Waals surface area contributed by atoms with E-state index >= 15 is 0 Å². The first-order valence-electron chi connectivity index (χ1n) is 11.7. The SMILES string of the molecule is O=C(COC(=O)C1CCC(N2C(=O)C3C4CCC(C4)C3C2=O)CC1)c1cccc([N+](=O)[O-])c1. The Balaban J connectivity index is 1.13. The number of carbonyl (C=O) groups excluding carboxylic acids is 4. The molecule has 4 atom stereocenters. The summed E-state index contributed by atoms with van der Waals surface area (Å²) in [6, 6.07) is 5.14. The van der Waals surface area contributed by atoms with E-state index in [-0.39, 0.29) is 46.9 Å². The van der Waals surface area contributed by atoms with Gasteiger partial charge in [-0.05, 0) is 56.8 Å². The fourth-order valence-corrected chi connectivity index (χ4v) is 6.49. The fourth-order valence-electron chi connectivity index (χ4n) is 6.49. The molecule has 0 radical (unpaired) electrons. The van der Waals surface area contributed by atoms with Gasteiger partial charge in [-0.15, -0.1) is 0 Å². The zero-order chi connectivity index (χ0) is 23.3. The van der Waals surface area contributed by atoms with Crippen LogP contribution in [0.15, 0.2) is 24.3 Å². The van der Waals surface area contributed by atoms with Gasteiger partial charge in [0.15, 0.2) is 6.61 Å². The highest BCUT2D eigenvalue weighted by Gasteiger charge is 2.61. The Hall–Kier alpha value is -3.10. The number of hydrogen-bond acceptors (Lipinski definition) is 7. The monoisotopic (exact) mass is 454 g/mol. The number of benzene rings is 1. The van der Waals surface area contributed by atoms with Crippen molar-refractivity contribution in [3.05, 3.63) is 39.9 Å². The van der Waals surface area contributed by atoms with Crippen molar-refractivity contribution in [3.63, 3.8) is 0 Å². The molecule has 9 heteroatoms. The van der Waals surface area contributed by atoms with Crippen LogP contribution in [-0.2, 0) is 19.1 Å². The molecular formula is C24H26N2O7. The third-order valence-electron chi connectivity index (χ3n) is 8.08. The van der Waals surface area contributed by atoms with Crippen molar-refractivity contribution in [2.45, 2.75) is 51.0 Å². The number of nitro groups is 1. The minimum atomic E-state index is -0.588. The molecule has 0 N–H and O–H groups in total. The number of imide groups is 1. The van der Waals surface area contributed by atoms with Gasteiger partial charge in [-0.3, -0.25) is 34.2 Å². The highest BCUT2D eigenvalue weighted by atomic mass is 16.6. The predicted octanol–water partition coefficient (Wildman–Crippen LogP) is 2.91. The summed E-state index contributed by atoms with van der Waals surface area (Å²) >= 11 is 0. The van der Waals surface area contributed by atoms with E-state index < -0.39 is 23.3 Å². The van der Waals surface area contributed by atoms with E-state index in [0.29, 0.717) is 37.5 Å². The molecule has 9 nitrogen and oxygen atoms in total. The van der Waals surface area contributed by atoms with Gasteiger partial charge in [0.1, 0.15) is 0 Å². The van der Waals surface area contributed by atoms with Crippen molar-refractivity contribution in [1.82, 2.24) is 4.90 Å². The molecule has 4 unspecified atom stereocenters. The van der Waals surface area contributed by atoms with Gasteiger partial charge in [-0.1, -0.05) is 12.1 Å². The van der Waals surface area contributed by atoms with Crippen LogP contribution in [-0.4, -0.2) is 46.0 Å². The first-order valence-corrected chi connectivity index (χ1v) is 11.7. The van der Waals surface area contributed by atoms with Crippen LogP contribution in [0.3, 0.4) is 0 Å². The molecule has 33 heavy (non-hydrogen) atoms. The molecule has 1 aliphatic heterocycles. The van der Waals surface area contributed by atoms with Crippen molar-refractivity contribution in [1.29, 1.82) is 0 Å². The number of rotatable bonds is 6. The molecule has 1 aromatic rings. The largest absolute Gasteiger partial charge is 0.457 e. The quantitative estimate of drug-likeness (QED) is 0.213. The lowest BCUT2D eigenvalue weighted by atomic mass is 9.81. The van der Waals surface area contributed by atoms with Crippen molar-refractivity contribution in [2.24, 2.45) is 29.6 Å². The predicted molar refractivity (Wildman–Crippen MR) is 114 cm³/mol. The van der Waals surface area contributed by atoms with E-state index in [0.717, 1.165) is 25.3 Å². The molecule has 0 spiro atoms. The number of hydrogen-bond donors (Lipinski definition) is 0. The van der Waals surface area contributed by atoms with E-state index in [1.807, 2.05) is 0 Å². The summed E-state index contributed by atoms with van der Waals surface area (Å²) in [5, 5.41) is 10.9. The molecule has 4 aliphatic rings. The van der Waals surface area contributed by atoms with Crippen LogP contribution < -0.4 is 0 Å². The van der Waals surface area contributed by atoms with Gasteiger partial charge in [-0.2, -0.15) is 0 Å². The molecule has 4 fully saturated rings. The molecule has 1 saturated heterocycles. The molecule has 1 aromatic carbocycles. The van der Waals surface area contributed by atoms with Crippen LogP contribution in [0.2, 0.25) is 0 Å². The topological polar surface area (TPSA) is 124 Å². The zero-order valence-corrected chi connectivity index (χ0v) is 18.2. The number of nitro benzene ring substituents is 1. The van der Waals surface area contributed by atoms with Crippen LogP contribution in [0, 0.1) is 39.7 Å². The second-order valence-electron chi connectivity index (χ2n) is 9.78. The molecule has 174 valence electrons. The molecule has 3 aliphatic carbocycles. The highest BCUT2D eigenvalue weighted by molar-refractivity contribution is 6.06. The van der Waals surface area contributed by atoms with E-state index in [1.165, 1.54) is 23.1 Å². The number of Topliss-reactive ketones (excluding diaryl/α,β-unsaturated/α-hetero) is 1. The third kappa shape index (κ3) is 3.73. The molecule has 2 bridgehead atoms. The summed E-state index contributed by atoms with van der Waals surface area (Å²) in [6.45, 7) is -0.477. The van der Waals surface area contributed by atoms with Crippen molar-refractivity contribution in [2.75, 3.05) is 6.61 Å². The van der Waals surface area contributed by atoms with E-state index in [9.17, 15) is 29.3 Å². The number of non-ortho nitro benzene ring substituents is 1. The molecule has 1 heterocycles. The lowest BCUT2D eigenvalue weighted by Crippen LogP contribution is -2.44. The van der Waals surface area contributed by atoms with Crippen molar-refractivity contribution < 1.29 is 28.8 Å². The first-order chi connectivity index (χ1) is 15.8. The molecule has 3 saturated carbocycles. The lowest BCUT2D eigenvalue weighted by Gasteiger charge is -2.33. The van der Waals surface area contributed by atoms with E-state index in [4.69, 9.17) is 4.74 Å². The maximum Gasteiger partial charge on any atom is 0.309 e. The van der Waals surface area contributed by atoms with Gasteiger partial charge < -0.3 is 4.74 Å². The number of amides is 2. The van der Waals surface area contributed by atoms with Crippen LogP contribution in [0.25, 0.3) is 0 Å². The van der Waals surface area contributed by atoms with Gasteiger partial charge in [-0.25, -0.2) is 0 Å². The summed E-state index contributed by atoms with van der Waals surface area (Å²) in [4.78, 5) is 62.6. The number of ketones is 1. The van der Waals surface area contributed by atoms with Crippen LogP contribution in [0.4, 0.5) is 5.69 Å². The Bertz CT molecular complexity index is 1000. The zero-order valence-electron chi connectivity index (χ0n) is 18.2. The molecule has 5 rings (SSSR count). The summed E-state index contributed by atoms with van der Waals surface area (Å²) in [5.41, 5.74) is -0.0834. The average Bonchev–Trinajstić information content (AvgIpc) is 3.51. The first kappa shape index (κ1) is 21.7. The number of likely N-dealkylation sites (tertiary alicyclic amines) is 1. The average molecular weight is 454 g/mol. The number of esters is 1. The standard InChI is InChI=1S/C24H26N2O7/c27-19(14-2-1-3-18(11-14)26(31)32)12-33-24(30)13-6-8-17(9-7-13)25-22(28)20-15-4-5-16(10-15)21(20)23(25)29/h1-3,11,13,15-17,20-21H,4-10,12H2. The van der Waals surface area contributed by atoms with Crippen molar-refractivity contribution >= 4 is 29.3 Å². The van der Waals surface area contributed by atoms with Crippen LogP contribution >= 0.6 is 0 Å². The van der Waals surface area contributed by atoms with E-state index in [1.54, 1.807) is 0 Å². The smallest absolute Gasteiger partial charge is 0.309 e. The molecule has 2 amide bonds. The maximum atomic E-state index is 13.0. The van der Waals surface area contributed by atoms with Gasteiger partial charge in [0.25, 0.3) is 5.69 Å². The Morgan fingerprint density at radius 3 is 2.24 bits per heavy atom. The Kier molecular flexibility index (Phi) is 5.50. The van der Waals surface area contributed by atoms with Crippen LogP contribution in [0.1, 0.15) is 55.3 Å². The van der Waals surface area contributed by atoms with Gasteiger partial charge >= 0.3 is 5.97 Å². The second kappa shape index (κ2) is 8.35. The van der Waals surface area contributed by atoms with Crippen LogP contribution in [0.5, 0.6) is 0 Å². The number of nitrogens with zero attached hydrogens (tertiary/aromatic N) is 2. The van der Waals surface area contributed by atoms with E-state index in [2.05, 4.69) is 0 Å². The van der Waals surface area contributed by atoms with Crippen molar-refractivity contribution in [3.8, 4) is 0 Å². The Labute approximate surface area is 190 Å². The fraction of sp³-hybridized carbons (Fsp3) is 0.583.